The summed E-state index contributed by atoms with van der Waals surface area (Å²) in [5.74, 6) is 0. The number of aliphatic hydroxyl groups excluding tert-OH is 1. The van der Waals surface area contributed by atoms with E-state index < -0.39 is 0 Å². The van der Waals surface area contributed by atoms with Crippen LogP contribution in [0.3, 0.4) is 0 Å². The molecule has 1 saturated heterocycles. The third-order valence-corrected chi connectivity index (χ3v) is 3.46. The van der Waals surface area contributed by atoms with Gasteiger partial charge in [0.2, 0.25) is 0 Å². The van der Waals surface area contributed by atoms with E-state index in [1.807, 2.05) is 6.07 Å². The summed E-state index contributed by atoms with van der Waals surface area (Å²) in [5.41, 5.74) is 1.34. The molecular weight excluding hydrogens is 212 g/mol. The van der Waals surface area contributed by atoms with E-state index in [2.05, 4.69) is 41.4 Å². The van der Waals surface area contributed by atoms with Gasteiger partial charge in [-0.1, -0.05) is 37.3 Å². The summed E-state index contributed by atoms with van der Waals surface area (Å²) in [6, 6.07) is 11.2. The molecule has 1 fully saturated rings. The SMILES string of the molecule is CCCN1CC(c2ccccc2)NCC1CO. The van der Waals surface area contributed by atoms with Crippen LogP contribution in [0.5, 0.6) is 0 Å². The van der Waals surface area contributed by atoms with Crippen molar-refractivity contribution in [2.75, 3.05) is 26.2 Å². The summed E-state index contributed by atoms with van der Waals surface area (Å²) in [7, 11) is 0. The van der Waals surface area contributed by atoms with Crippen molar-refractivity contribution in [3.8, 4) is 0 Å². The van der Waals surface area contributed by atoms with Crippen molar-refractivity contribution in [2.24, 2.45) is 0 Å². The Labute approximate surface area is 103 Å². The van der Waals surface area contributed by atoms with Crippen molar-refractivity contribution in [3.05, 3.63) is 35.9 Å². The molecule has 0 bridgehead atoms. The van der Waals surface area contributed by atoms with E-state index in [0.29, 0.717) is 6.04 Å². The lowest BCUT2D eigenvalue weighted by Gasteiger charge is -2.39. The van der Waals surface area contributed by atoms with Gasteiger partial charge in [-0.3, -0.25) is 4.90 Å². The second kappa shape index (κ2) is 6.15. The summed E-state index contributed by atoms with van der Waals surface area (Å²) in [5, 5.41) is 12.9. The first-order valence-electron chi connectivity index (χ1n) is 6.48. The molecule has 1 aromatic carbocycles. The number of hydrogen-bond donors (Lipinski definition) is 2. The zero-order valence-electron chi connectivity index (χ0n) is 10.5. The topological polar surface area (TPSA) is 35.5 Å². The van der Waals surface area contributed by atoms with Crippen LogP contribution >= 0.6 is 0 Å². The fraction of sp³-hybridized carbons (Fsp3) is 0.571. The van der Waals surface area contributed by atoms with Crippen LogP contribution in [0.1, 0.15) is 24.9 Å². The van der Waals surface area contributed by atoms with Crippen molar-refractivity contribution < 1.29 is 5.11 Å². The third kappa shape index (κ3) is 3.06. The predicted molar refractivity (Wildman–Crippen MR) is 69.9 cm³/mol. The number of rotatable bonds is 4. The summed E-state index contributed by atoms with van der Waals surface area (Å²) in [6.45, 7) is 5.36. The molecule has 1 aliphatic heterocycles. The van der Waals surface area contributed by atoms with Gasteiger partial charge in [-0.15, -0.1) is 0 Å². The van der Waals surface area contributed by atoms with Gasteiger partial charge < -0.3 is 10.4 Å². The summed E-state index contributed by atoms with van der Waals surface area (Å²) in [6.07, 6.45) is 1.14. The smallest absolute Gasteiger partial charge is 0.0599 e. The molecule has 1 aliphatic rings. The lowest BCUT2D eigenvalue weighted by atomic mass is 10.0. The van der Waals surface area contributed by atoms with Crippen molar-refractivity contribution in [1.29, 1.82) is 0 Å². The van der Waals surface area contributed by atoms with Crippen LogP contribution in [0.15, 0.2) is 30.3 Å². The Morgan fingerprint density at radius 1 is 1.35 bits per heavy atom. The van der Waals surface area contributed by atoms with Gasteiger partial charge in [-0.05, 0) is 18.5 Å². The highest BCUT2D eigenvalue weighted by Gasteiger charge is 2.27. The molecule has 17 heavy (non-hydrogen) atoms. The monoisotopic (exact) mass is 234 g/mol. The highest BCUT2D eigenvalue weighted by molar-refractivity contribution is 5.20. The van der Waals surface area contributed by atoms with E-state index in [4.69, 9.17) is 0 Å². The average Bonchev–Trinajstić information content (AvgIpc) is 2.40. The van der Waals surface area contributed by atoms with Gasteiger partial charge in [-0.25, -0.2) is 0 Å². The van der Waals surface area contributed by atoms with Crippen LogP contribution in [0.2, 0.25) is 0 Å². The van der Waals surface area contributed by atoms with E-state index in [-0.39, 0.29) is 12.6 Å². The maximum atomic E-state index is 9.36. The molecule has 1 aromatic rings. The van der Waals surface area contributed by atoms with Crippen LogP contribution in [0.4, 0.5) is 0 Å². The molecule has 3 heteroatoms. The van der Waals surface area contributed by atoms with Crippen LogP contribution < -0.4 is 5.32 Å². The van der Waals surface area contributed by atoms with Gasteiger partial charge in [0.1, 0.15) is 0 Å². The Balaban J connectivity index is 2.03. The van der Waals surface area contributed by atoms with Gasteiger partial charge in [-0.2, -0.15) is 0 Å². The average molecular weight is 234 g/mol. The minimum Gasteiger partial charge on any atom is -0.395 e. The van der Waals surface area contributed by atoms with E-state index in [1.54, 1.807) is 0 Å². The summed E-state index contributed by atoms with van der Waals surface area (Å²) < 4.78 is 0. The lowest BCUT2D eigenvalue weighted by molar-refractivity contribution is 0.0807. The molecule has 2 N–H and O–H groups in total. The minimum atomic E-state index is 0.245. The molecule has 3 nitrogen and oxygen atoms in total. The van der Waals surface area contributed by atoms with E-state index in [1.165, 1.54) is 5.56 Å². The number of hydrogen-bond acceptors (Lipinski definition) is 3. The Morgan fingerprint density at radius 3 is 2.76 bits per heavy atom. The Kier molecular flexibility index (Phi) is 4.54. The molecule has 2 atom stereocenters. The first-order chi connectivity index (χ1) is 8.35. The summed E-state index contributed by atoms with van der Waals surface area (Å²) in [4.78, 5) is 2.40. The number of nitrogens with one attached hydrogen (secondary N) is 1. The van der Waals surface area contributed by atoms with Crippen LogP contribution in [-0.2, 0) is 0 Å². The third-order valence-electron chi connectivity index (χ3n) is 3.46. The van der Waals surface area contributed by atoms with Gasteiger partial charge in [0.25, 0.3) is 0 Å². The van der Waals surface area contributed by atoms with Crippen LogP contribution in [0, 0.1) is 0 Å². The Morgan fingerprint density at radius 2 is 2.12 bits per heavy atom. The predicted octanol–water partition coefficient (Wildman–Crippen LogP) is 1.40. The molecule has 2 unspecified atom stereocenters. The number of piperazine rings is 1. The maximum Gasteiger partial charge on any atom is 0.0599 e. The number of aliphatic hydroxyl groups is 1. The molecular formula is C14H22N2O. The minimum absolute atomic E-state index is 0.245. The lowest BCUT2D eigenvalue weighted by Crippen LogP contribution is -2.54. The van der Waals surface area contributed by atoms with E-state index in [9.17, 15) is 5.11 Å². The summed E-state index contributed by atoms with van der Waals surface area (Å²) >= 11 is 0. The maximum absolute atomic E-state index is 9.36. The highest BCUT2D eigenvalue weighted by Crippen LogP contribution is 2.19. The molecule has 94 valence electrons. The quantitative estimate of drug-likeness (QED) is 0.826. The Bertz CT molecular complexity index is 328. The van der Waals surface area contributed by atoms with Crippen molar-refractivity contribution in [3.63, 3.8) is 0 Å². The van der Waals surface area contributed by atoms with Gasteiger partial charge in [0.15, 0.2) is 0 Å². The molecule has 1 heterocycles. The van der Waals surface area contributed by atoms with Crippen LogP contribution in [0.25, 0.3) is 0 Å². The molecule has 0 spiro atoms. The normalized spacial score (nSPS) is 26.0. The Hall–Kier alpha value is -0.900. The van der Waals surface area contributed by atoms with Gasteiger partial charge in [0.05, 0.1) is 6.61 Å². The number of nitrogens with zero attached hydrogens (tertiary/aromatic N) is 1. The zero-order valence-corrected chi connectivity index (χ0v) is 10.5. The second-order valence-corrected chi connectivity index (χ2v) is 4.70. The van der Waals surface area contributed by atoms with Gasteiger partial charge >= 0.3 is 0 Å². The number of benzene rings is 1. The van der Waals surface area contributed by atoms with Crippen LogP contribution in [-0.4, -0.2) is 42.3 Å². The first kappa shape index (κ1) is 12.6. The van der Waals surface area contributed by atoms with Crippen molar-refractivity contribution >= 4 is 0 Å². The molecule has 0 saturated carbocycles. The highest BCUT2D eigenvalue weighted by atomic mass is 16.3. The fourth-order valence-electron chi connectivity index (χ4n) is 2.51. The van der Waals surface area contributed by atoms with E-state index in [0.717, 1.165) is 26.1 Å². The largest absolute Gasteiger partial charge is 0.395 e. The fourth-order valence-corrected chi connectivity index (χ4v) is 2.51. The van der Waals surface area contributed by atoms with E-state index >= 15 is 0 Å². The second-order valence-electron chi connectivity index (χ2n) is 4.70. The van der Waals surface area contributed by atoms with Crippen molar-refractivity contribution in [1.82, 2.24) is 10.2 Å². The molecule has 0 radical (unpaired) electrons. The molecule has 0 amide bonds. The molecule has 0 aromatic heterocycles. The standard InChI is InChI=1S/C14H22N2O/c1-2-8-16-10-14(15-9-13(16)11-17)12-6-4-3-5-7-12/h3-7,13-15,17H,2,8-11H2,1H3. The first-order valence-corrected chi connectivity index (χ1v) is 6.48. The molecule has 2 rings (SSSR count). The van der Waals surface area contributed by atoms with Crippen molar-refractivity contribution in [2.45, 2.75) is 25.4 Å². The zero-order chi connectivity index (χ0) is 12.1. The molecule has 0 aliphatic carbocycles. The van der Waals surface area contributed by atoms with Gasteiger partial charge in [0, 0.05) is 25.2 Å².